The molecule has 19 heavy (non-hydrogen) atoms. The van der Waals surface area contributed by atoms with Crippen molar-refractivity contribution in [2.45, 2.75) is 19.4 Å². The van der Waals surface area contributed by atoms with Crippen LogP contribution in [0.25, 0.3) is 10.9 Å². The Bertz CT molecular complexity index is 534. The second-order valence-electron chi connectivity index (χ2n) is 4.51. The molecule has 2 rings (SSSR count). The van der Waals surface area contributed by atoms with E-state index in [2.05, 4.69) is 28.1 Å². The highest BCUT2D eigenvalue weighted by molar-refractivity contribution is 5.80. The molecule has 0 aliphatic carbocycles. The molecule has 0 aliphatic heterocycles. The summed E-state index contributed by atoms with van der Waals surface area (Å²) in [5.41, 5.74) is 1.18. The van der Waals surface area contributed by atoms with E-state index in [1.54, 1.807) is 7.11 Å². The zero-order chi connectivity index (χ0) is 13.5. The summed E-state index contributed by atoms with van der Waals surface area (Å²) in [5, 5.41) is 4.11. The molecule has 1 aromatic carbocycles. The van der Waals surface area contributed by atoms with E-state index in [4.69, 9.17) is 4.74 Å². The highest BCUT2D eigenvalue weighted by Crippen LogP contribution is 2.15. The van der Waals surface area contributed by atoms with Gasteiger partial charge in [-0.05, 0) is 23.9 Å². The third-order valence-electron chi connectivity index (χ3n) is 3.11. The lowest BCUT2D eigenvalue weighted by molar-refractivity contribution is -0.121. The smallest absolute Gasteiger partial charge is 0.221 e. The number of amides is 1. The average molecular weight is 260 g/mol. The number of fused-ring (bicyclic) bond motifs is 1. The van der Waals surface area contributed by atoms with Crippen molar-refractivity contribution in [2.75, 3.05) is 20.3 Å². The minimum absolute atomic E-state index is 0.0916. The lowest BCUT2D eigenvalue weighted by Crippen LogP contribution is -2.26. The van der Waals surface area contributed by atoms with Gasteiger partial charge in [0.2, 0.25) is 5.91 Å². The number of benzene rings is 1. The van der Waals surface area contributed by atoms with Gasteiger partial charge in [-0.15, -0.1) is 0 Å². The summed E-state index contributed by atoms with van der Waals surface area (Å²) in [4.78, 5) is 11.7. The Morgan fingerprint density at radius 2 is 2.16 bits per heavy atom. The zero-order valence-electron chi connectivity index (χ0n) is 11.3. The third-order valence-corrected chi connectivity index (χ3v) is 3.11. The normalized spacial score (nSPS) is 10.8. The highest BCUT2D eigenvalue weighted by Gasteiger charge is 2.03. The number of nitrogens with zero attached hydrogens (tertiary/aromatic N) is 1. The van der Waals surface area contributed by atoms with E-state index in [0.29, 0.717) is 26.1 Å². The van der Waals surface area contributed by atoms with Gasteiger partial charge in [-0.25, -0.2) is 0 Å². The SMILES string of the molecule is COCCCNC(=O)CCn1ccc2ccccc21. The monoisotopic (exact) mass is 260 g/mol. The van der Waals surface area contributed by atoms with E-state index in [1.165, 1.54) is 10.9 Å². The Hall–Kier alpha value is -1.81. The van der Waals surface area contributed by atoms with Crippen LogP contribution in [0.1, 0.15) is 12.8 Å². The van der Waals surface area contributed by atoms with E-state index < -0.39 is 0 Å². The standard InChI is InChI=1S/C15H20N2O2/c1-19-12-4-9-16-15(18)8-11-17-10-7-13-5-2-3-6-14(13)17/h2-3,5-7,10H,4,8-9,11-12H2,1H3,(H,16,18). The number of carbonyl (C=O) groups is 1. The maximum atomic E-state index is 11.7. The quantitative estimate of drug-likeness (QED) is 0.775. The van der Waals surface area contributed by atoms with Crippen molar-refractivity contribution >= 4 is 16.8 Å². The molecule has 0 unspecified atom stereocenters. The lowest BCUT2D eigenvalue weighted by atomic mass is 10.2. The minimum atomic E-state index is 0.0916. The Morgan fingerprint density at radius 3 is 3.00 bits per heavy atom. The van der Waals surface area contributed by atoms with Crippen molar-refractivity contribution in [3.8, 4) is 0 Å². The first-order chi connectivity index (χ1) is 9.31. The molecule has 0 aliphatic rings. The summed E-state index contributed by atoms with van der Waals surface area (Å²) >= 11 is 0. The van der Waals surface area contributed by atoms with Crippen LogP contribution in [0.15, 0.2) is 36.5 Å². The molecule has 1 amide bonds. The van der Waals surface area contributed by atoms with Gasteiger partial charge in [0.05, 0.1) is 0 Å². The molecule has 0 atom stereocenters. The van der Waals surface area contributed by atoms with Crippen LogP contribution < -0.4 is 5.32 Å². The van der Waals surface area contributed by atoms with Crippen molar-refractivity contribution in [3.63, 3.8) is 0 Å². The van der Waals surface area contributed by atoms with Crippen LogP contribution in [0.3, 0.4) is 0 Å². The Balaban J connectivity index is 1.80. The summed E-state index contributed by atoms with van der Waals surface area (Å²) in [6, 6.07) is 10.3. The summed E-state index contributed by atoms with van der Waals surface area (Å²) in [6.07, 6.45) is 3.39. The van der Waals surface area contributed by atoms with E-state index >= 15 is 0 Å². The second-order valence-corrected chi connectivity index (χ2v) is 4.51. The molecular formula is C15H20N2O2. The molecule has 4 nitrogen and oxygen atoms in total. The molecule has 4 heteroatoms. The van der Waals surface area contributed by atoms with Gasteiger partial charge in [-0.3, -0.25) is 4.79 Å². The van der Waals surface area contributed by atoms with Crippen molar-refractivity contribution in [1.82, 2.24) is 9.88 Å². The van der Waals surface area contributed by atoms with E-state index in [9.17, 15) is 4.79 Å². The number of para-hydroxylation sites is 1. The summed E-state index contributed by atoms with van der Waals surface area (Å²) < 4.78 is 7.05. The van der Waals surface area contributed by atoms with Crippen molar-refractivity contribution in [2.24, 2.45) is 0 Å². The molecule has 1 heterocycles. The van der Waals surface area contributed by atoms with Gasteiger partial charge < -0.3 is 14.6 Å². The van der Waals surface area contributed by atoms with Crippen LogP contribution in [0.5, 0.6) is 0 Å². The first-order valence-electron chi connectivity index (χ1n) is 6.61. The molecule has 0 fully saturated rings. The van der Waals surface area contributed by atoms with Crippen molar-refractivity contribution in [3.05, 3.63) is 36.5 Å². The van der Waals surface area contributed by atoms with Gasteiger partial charge in [0, 0.05) is 44.9 Å². The number of aromatic nitrogens is 1. The summed E-state index contributed by atoms with van der Waals surface area (Å²) in [7, 11) is 1.67. The fourth-order valence-corrected chi connectivity index (χ4v) is 2.09. The largest absolute Gasteiger partial charge is 0.385 e. The topological polar surface area (TPSA) is 43.3 Å². The Labute approximate surface area is 113 Å². The van der Waals surface area contributed by atoms with Gasteiger partial charge in [0.25, 0.3) is 0 Å². The van der Waals surface area contributed by atoms with Gasteiger partial charge in [-0.1, -0.05) is 18.2 Å². The van der Waals surface area contributed by atoms with Gasteiger partial charge in [0.1, 0.15) is 0 Å². The predicted molar refractivity (Wildman–Crippen MR) is 76.1 cm³/mol. The number of hydrogen-bond acceptors (Lipinski definition) is 2. The number of hydrogen-bond donors (Lipinski definition) is 1. The maximum absolute atomic E-state index is 11.7. The van der Waals surface area contributed by atoms with Crippen LogP contribution in [0.2, 0.25) is 0 Å². The molecule has 0 radical (unpaired) electrons. The predicted octanol–water partition coefficient (Wildman–Crippen LogP) is 2.18. The molecule has 0 saturated heterocycles. The Morgan fingerprint density at radius 1 is 1.32 bits per heavy atom. The van der Waals surface area contributed by atoms with Crippen LogP contribution in [0.4, 0.5) is 0 Å². The Kier molecular flexibility index (Phi) is 4.98. The number of aryl methyl sites for hydroxylation is 1. The number of carbonyl (C=O) groups excluding carboxylic acids is 1. The van der Waals surface area contributed by atoms with Crippen molar-refractivity contribution < 1.29 is 9.53 Å². The molecular weight excluding hydrogens is 240 g/mol. The molecule has 1 aromatic heterocycles. The van der Waals surface area contributed by atoms with Gasteiger partial charge in [-0.2, -0.15) is 0 Å². The number of nitrogens with one attached hydrogen (secondary N) is 1. The van der Waals surface area contributed by atoms with Crippen LogP contribution >= 0.6 is 0 Å². The van der Waals surface area contributed by atoms with Crippen LogP contribution in [-0.4, -0.2) is 30.7 Å². The molecule has 102 valence electrons. The summed E-state index contributed by atoms with van der Waals surface area (Å²) in [5.74, 6) is 0.0916. The van der Waals surface area contributed by atoms with E-state index in [1.807, 2.05) is 18.3 Å². The number of ether oxygens (including phenoxy) is 1. The van der Waals surface area contributed by atoms with Crippen LogP contribution in [0, 0.1) is 0 Å². The molecule has 0 spiro atoms. The number of rotatable bonds is 7. The number of methoxy groups -OCH3 is 1. The minimum Gasteiger partial charge on any atom is -0.385 e. The molecule has 2 aromatic rings. The highest BCUT2D eigenvalue weighted by atomic mass is 16.5. The fourth-order valence-electron chi connectivity index (χ4n) is 2.09. The fraction of sp³-hybridized carbons (Fsp3) is 0.400. The average Bonchev–Trinajstić information content (AvgIpc) is 2.85. The van der Waals surface area contributed by atoms with Gasteiger partial charge >= 0.3 is 0 Å². The molecule has 0 saturated carbocycles. The van der Waals surface area contributed by atoms with Gasteiger partial charge in [0.15, 0.2) is 0 Å². The van der Waals surface area contributed by atoms with Crippen molar-refractivity contribution in [1.29, 1.82) is 0 Å². The maximum Gasteiger partial charge on any atom is 0.221 e. The summed E-state index contributed by atoms with van der Waals surface area (Å²) in [6.45, 7) is 2.07. The third kappa shape index (κ3) is 3.83. The molecule has 0 bridgehead atoms. The van der Waals surface area contributed by atoms with Crippen LogP contribution in [-0.2, 0) is 16.1 Å². The second kappa shape index (κ2) is 6.95. The lowest BCUT2D eigenvalue weighted by Gasteiger charge is -2.07. The first-order valence-corrected chi connectivity index (χ1v) is 6.61. The van der Waals surface area contributed by atoms with E-state index in [0.717, 1.165) is 6.42 Å². The first kappa shape index (κ1) is 13.6. The molecule has 1 N–H and O–H groups in total. The zero-order valence-corrected chi connectivity index (χ0v) is 11.3. The van der Waals surface area contributed by atoms with E-state index in [-0.39, 0.29) is 5.91 Å².